The van der Waals surface area contributed by atoms with E-state index in [1.165, 1.54) is 11.8 Å². The molecule has 0 saturated carbocycles. The van der Waals surface area contributed by atoms with Crippen molar-refractivity contribution < 1.29 is 13.9 Å². The number of nitrogens with zero attached hydrogens (tertiary/aromatic N) is 2. The van der Waals surface area contributed by atoms with Gasteiger partial charge in [0, 0.05) is 22.7 Å². The number of ketones is 1. The second-order valence-electron chi connectivity index (χ2n) is 5.97. The molecular weight excluding hydrogens is 362 g/mol. The smallest absolute Gasteiger partial charge is 0.277 e. The highest BCUT2D eigenvalue weighted by Crippen LogP contribution is 2.31. The Bertz CT molecular complexity index is 1090. The van der Waals surface area contributed by atoms with Gasteiger partial charge in [0.15, 0.2) is 5.78 Å². The maximum absolute atomic E-state index is 12.6. The minimum Gasteiger partial charge on any atom is -0.497 e. The van der Waals surface area contributed by atoms with E-state index in [-0.39, 0.29) is 11.0 Å². The lowest BCUT2D eigenvalue weighted by molar-refractivity contribution is 0.0993. The summed E-state index contributed by atoms with van der Waals surface area (Å²) in [6.07, 6.45) is 1.85. The summed E-state index contributed by atoms with van der Waals surface area (Å²) < 4.78 is 10.9. The molecule has 4 aromatic rings. The third-order valence-corrected chi connectivity index (χ3v) is 5.18. The number of benzene rings is 2. The minimum atomic E-state index is -0.352. The number of carbonyl (C=O) groups is 1. The summed E-state index contributed by atoms with van der Waals surface area (Å²) in [6.45, 7) is 1.83. The van der Waals surface area contributed by atoms with Crippen LogP contribution in [-0.2, 0) is 0 Å². The molecule has 0 saturated heterocycles. The summed E-state index contributed by atoms with van der Waals surface area (Å²) in [5, 5.41) is 9.24. The molecule has 136 valence electrons. The number of Topliss-reactive ketones (excluding diaryl/α,β-unsaturated/α-hetero) is 1. The lowest BCUT2D eigenvalue weighted by Crippen LogP contribution is -2.13. The Labute approximate surface area is 159 Å². The Morgan fingerprint density at radius 2 is 1.93 bits per heavy atom. The van der Waals surface area contributed by atoms with Crippen molar-refractivity contribution in [1.29, 1.82) is 0 Å². The Kier molecular flexibility index (Phi) is 4.68. The van der Waals surface area contributed by atoms with Gasteiger partial charge < -0.3 is 14.1 Å². The first kappa shape index (κ1) is 17.4. The zero-order valence-electron chi connectivity index (χ0n) is 14.8. The van der Waals surface area contributed by atoms with Crippen LogP contribution >= 0.6 is 11.8 Å². The highest BCUT2D eigenvalue weighted by molar-refractivity contribution is 8.00. The molecule has 0 aliphatic heterocycles. The van der Waals surface area contributed by atoms with Crippen LogP contribution in [0.25, 0.3) is 22.4 Å². The second-order valence-corrected chi connectivity index (χ2v) is 7.27. The summed E-state index contributed by atoms with van der Waals surface area (Å²) in [5.41, 5.74) is 2.47. The molecule has 0 bridgehead atoms. The molecule has 0 fully saturated rings. The molecule has 2 aromatic heterocycles. The second kappa shape index (κ2) is 7.28. The number of hydrogen-bond donors (Lipinski definition) is 1. The number of hydrogen-bond acceptors (Lipinski definition) is 6. The minimum absolute atomic E-state index is 0.00510. The van der Waals surface area contributed by atoms with Crippen LogP contribution in [0, 0.1) is 0 Å². The summed E-state index contributed by atoms with van der Waals surface area (Å²) in [7, 11) is 1.59. The van der Waals surface area contributed by atoms with E-state index in [1.807, 2.05) is 37.4 Å². The van der Waals surface area contributed by atoms with Crippen LogP contribution in [-0.4, -0.2) is 33.3 Å². The van der Waals surface area contributed by atoms with Crippen molar-refractivity contribution in [3.63, 3.8) is 0 Å². The van der Waals surface area contributed by atoms with Crippen LogP contribution in [0.2, 0.25) is 0 Å². The topological polar surface area (TPSA) is 81.0 Å². The SMILES string of the molecule is COc1ccc(C(=O)C(C)Sc2nnc(-c3c[nH]c4ccccc34)o2)cc1. The number of para-hydroxylation sites is 1. The van der Waals surface area contributed by atoms with E-state index < -0.39 is 0 Å². The predicted octanol–water partition coefficient (Wildman–Crippen LogP) is 4.59. The lowest BCUT2D eigenvalue weighted by Gasteiger charge is -2.08. The molecule has 0 spiro atoms. The summed E-state index contributed by atoms with van der Waals surface area (Å²) in [4.78, 5) is 15.8. The van der Waals surface area contributed by atoms with Crippen molar-refractivity contribution in [2.45, 2.75) is 17.4 Å². The zero-order chi connectivity index (χ0) is 18.8. The number of aromatic amines is 1. The molecule has 1 N–H and O–H groups in total. The van der Waals surface area contributed by atoms with E-state index in [2.05, 4.69) is 15.2 Å². The first-order valence-corrected chi connectivity index (χ1v) is 9.28. The third-order valence-electron chi connectivity index (χ3n) is 4.25. The monoisotopic (exact) mass is 379 g/mol. The molecule has 4 rings (SSSR count). The fourth-order valence-electron chi connectivity index (χ4n) is 2.81. The maximum Gasteiger partial charge on any atom is 0.277 e. The molecule has 0 aliphatic rings. The van der Waals surface area contributed by atoms with Gasteiger partial charge in [0.2, 0.25) is 0 Å². The fraction of sp³-hybridized carbons (Fsp3) is 0.150. The van der Waals surface area contributed by atoms with Gasteiger partial charge in [-0.25, -0.2) is 0 Å². The van der Waals surface area contributed by atoms with Crippen LogP contribution in [0.15, 0.2) is 64.4 Å². The summed E-state index contributed by atoms with van der Waals surface area (Å²) in [6, 6.07) is 15.0. The summed E-state index contributed by atoms with van der Waals surface area (Å²) >= 11 is 1.25. The van der Waals surface area contributed by atoms with Crippen LogP contribution < -0.4 is 4.74 Å². The molecule has 1 unspecified atom stereocenters. The third kappa shape index (κ3) is 3.46. The number of ether oxygens (including phenoxy) is 1. The number of carbonyl (C=O) groups excluding carboxylic acids is 1. The van der Waals surface area contributed by atoms with E-state index in [1.54, 1.807) is 31.4 Å². The Balaban J connectivity index is 1.50. The molecule has 6 nitrogen and oxygen atoms in total. The number of methoxy groups -OCH3 is 1. The Hall–Kier alpha value is -3.06. The van der Waals surface area contributed by atoms with Crippen LogP contribution in [0.3, 0.4) is 0 Å². The number of H-pyrrole nitrogens is 1. The normalized spacial score (nSPS) is 12.2. The standard InChI is InChI=1S/C20H17N3O3S/c1-12(18(24)13-7-9-14(25-2)10-8-13)27-20-23-22-19(26-20)16-11-21-17-6-4-3-5-15(16)17/h3-12,21H,1-2H3. The van der Waals surface area contributed by atoms with Gasteiger partial charge in [0.25, 0.3) is 11.1 Å². The highest BCUT2D eigenvalue weighted by atomic mass is 32.2. The van der Waals surface area contributed by atoms with E-state index in [4.69, 9.17) is 9.15 Å². The number of fused-ring (bicyclic) bond motifs is 1. The first-order chi connectivity index (χ1) is 13.2. The van der Waals surface area contributed by atoms with Gasteiger partial charge in [-0.3, -0.25) is 4.79 Å². The van der Waals surface area contributed by atoms with Crippen molar-refractivity contribution in [3.05, 3.63) is 60.3 Å². The van der Waals surface area contributed by atoms with E-state index in [0.717, 1.165) is 16.5 Å². The van der Waals surface area contributed by atoms with Gasteiger partial charge in [-0.15, -0.1) is 10.2 Å². The predicted molar refractivity (Wildman–Crippen MR) is 104 cm³/mol. The molecule has 7 heteroatoms. The van der Waals surface area contributed by atoms with Crippen molar-refractivity contribution in [2.24, 2.45) is 0 Å². The van der Waals surface area contributed by atoms with Gasteiger partial charge in [0.1, 0.15) is 5.75 Å². The Morgan fingerprint density at radius 3 is 2.70 bits per heavy atom. The largest absolute Gasteiger partial charge is 0.497 e. The lowest BCUT2D eigenvalue weighted by atomic mass is 10.1. The number of nitrogens with one attached hydrogen (secondary N) is 1. The first-order valence-electron chi connectivity index (χ1n) is 8.40. The average molecular weight is 379 g/mol. The number of thioether (sulfide) groups is 1. The van der Waals surface area contributed by atoms with Gasteiger partial charge in [-0.1, -0.05) is 30.0 Å². The quantitative estimate of drug-likeness (QED) is 0.390. The van der Waals surface area contributed by atoms with Gasteiger partial charge in [-0.05, 0) is 37.3 Å². The molecule has 2 aromatic carbocycles. The molecule has 0 radical (unpaired) electrons. The van der Waals surface area contributed by atoms with Gasteiger partial charge in [-0.2, -0.15) is 0 Å². The summed E-state index contributed by atoms with van der Waals surface area (Å²) in [5.74, 6) is 1.14. The molecule has 0 amide bonds. The number of aromatic nitrogens is 3. The van der Waals surface area contributed by atoms with E-state index in [0.29, 0.717) is 22.4 Å². The van der Waals surface area contributed by atoms with Crippen molar-refractivity contribution >= 4 is 28.4 Å². The van der Waals surface area contributed by atoms with Crippen molar-refractivity contribution in [3.8, 4) is 17.2 Å². The number of rotatable bonds is 6. The Morgan fingerprint density at radius 1 is 1.15 bits per heavy atom. The van der Waals surface area contributed by atoms with Gasteiger partial charge in [0.05, 0.1) is 17.9 Å². The van der Waals surface area contributed by atoms with Crippen LogP contribution in [0.5, 0.6) is 5.75 Å². The van der Waals surface area contributed by atoms with Crippen LogP contribution in [0.1, 0.15) is 17.3 Å². The maximum atomic E-state index is 12.6. The molecule has 1 atom stereocenters. The van der Waals surface area contributed by atoms with Gasteiger partial charge >= 0.3 is 0 Å². The molecule has 27 heavy (non-hydrogen) atoms. The average Bonchev–Trinajstić information content (AvgIpc) is 3.34. The fourth-order valence-corrected chi connectivity index (χ4v) is 3.57. The molecular formula is C20H17N3O3S. The molecule has 0 aliphatic carbocycles. The van der Waals surface area contributed by atoms with E-state index >= 15 is 0 Å². The van der Waals surface area contributed by atoms with Crippen molar-refractivity contribution in [2.75, 3.05) is 7.11 Å². The van der Waals surface area contributed by atoms with Crippen LogP contribution in [0.4, 0.5) is 0 Å². The molecule has 2 heterocycles. The van der Waals surface area contributed by atoms with Crippen molar-refractivity contribution in [1.82, 2.24) is 15.2 Å². The van der Waals surface area contributed by atoms with E-state index in [9.17, 15) is 4.79 Å². The highest BCUT2D eigenvalue weighted by Gasteiger charge is 2.21. The zero-order valence-corrected chi connectivity index (χ0v) is 15.6.